The van der Waals surface area contributed by atoms with Crippen LogP contribution in [-0.4, -0.2) is 72.2 Å². The third kappa shape index (κ3) is 4.93. The summed E-state index contributed by atoms with van der Waals surface area (Å²) in [6.07, 6.45) is 4.46. The van der Waals surface area contributed by atoms with E-state index in [4.69, 9.17) is 15.5 Å². The largest absolute Gasteiger partial charge is 0.492 e. The second-order valence-corrected chi connectivity index (χ2v) is 10.2. The van der Waals surface area contributed by atoms with E-state index in [1.807, 2.05) is 52.2 Å². The van der Waals surface area contributed by atoms with Crippen molar-refractivity contribution in [2.75, 3.05) is 26.7 Å². The maximum Gasteiger partial charge on any atom is 0.255 e. The van der Waals surface area contributed by atoms with Crippen LogP contribution in [0.5, 0.6) is 5.75 Å². The fourth-order valence-electron chi connectivity index (χ4n) is 4.97. The van der Waals surface area contributed by atoms with E-state index in [-0.39, 0.29) is 17.4 Å². The molecule has 2 aliphatic rings. The van der Waals surface area contributed by atoms with E-state index < -0.39 is 17.7 Å². The summed E-state index contributed by atoms with van der Waals surface area (Å²) in [5.74, 6) is 0.947. The molecule has 0 spiro atoms. The number of hydrogen-bond donors (Lipinski definition) is 4. The van der Waals surface area contributed by atoms with E-state index in [2.05, 4.69) is 29.4 Å². The molecule has 1 aromatic carbocycles. The molecule has 0 saturated carbocycles. The molecule has 3 rings (SSSR count). The Morgan fingerprint density at radius 1 is 1.41 bits per heavy atom. The van der Waals surface area contributed by atoms with Crippen molar-refractivity contribution in [3.63, 3.8) is 0 Å². The average Bonchev–Trinajstić information content (AvgIpc) is 3.01. The van der Waals surface area contributed by atoms with Crippen molar-refractivity contribution in [3.8, 4) is 5.75 Å². The highest BCUT2D eigenvalue weighted by atomic mass is 16.5. The lowest BCUT2D eigenvalue weighted by Gasteiger charge is -2.40. The lowest BCUT2D eigenvalue weighted by molar-refractivity contribution is 0.0272. The first kappa shape index (κ1) is 26.0. The first-order chi connectivity index (χ1) is 16.1. The number of rotatable bonds is 8. The van der Waals surface area contributed by atoms with Crippen LogP contribution in [0.2, 0.25) is 0 Å². The van der Waals surface area contributed by atoms with Gasteiger partial charge in [0.1, 0.15) is 5.75 Å². The summed E-state index contributed by atoms with van der Waals surface area (Å²) < 4.78 is 5.93. The second kappa shape index (κ2) is 10.4. The molecular weight excluding hydrogens is 430 g/mol. The number of nitrogens with zero attached hydrogens (tertiary/aromatic N) is 2. The molecule has 0 bridgehead atoms. The first-order valence-electron chi connectivity index (χ1n) is 12.2. The molecule has 4 atom stereocenters. The number of amides is 1. The minimum atomic E-state index is -0.843. The summed E-state index contributed by atoms with van der Waals surface area (Å²) in [5, 5.41) is 17.8. The maximum absolute atomic E-state index is 13.4. The van der Waals surface area contributed by atoms with Gasteiger partial charge in [0, 0.05) is 25.1 Å². The number of carbonyl (C=O) groups is 1. The van der Waals surface area contributed by atoms with Crippen LogP contribution in [0.1, 0.15) is 63.4 Å². The van der Waals surface area contributed by atoms with Gasteiger partial charge in [-0.15, -0.1) is 0 Å². The first-order valence-corrected chi connectivity index (χ1v) is 12.2. The maximum atomic E-state index is 13.4. The number of aliphatic hydroxyl groups is 1. The summed E-state index contributed by atoms with van der Waals surface area (Å²) in [6, 6.07) is 4.95. The van der Waals surface area contributed by atoms with Gasteiger partial charge in [0.2, 0.25) is 0 Å². The molecule has 1 aromatic rings. The van der Waals surface area contributed by atoms with Crippen molar-refractivity contribution in [2.24, 2.45) is 10.7 Å². The molecule has 0 aromatic heterocycles. The highest BCUT2D eigenvalue weighted by molar-refractivity contribution is 5.97. The van der Waals surface area contributed by atoms with Gasteiger partial charge >= 0.3 is 0 Å². The van der Waals surface area contributed by atoms with E-state index in [1.54, 1.807) is 6.07 Å². The number of aliphatic imine (C=N–C) groups is 1. The fourth-order valence-corrected chi connectivity index (χ4v) is 4.97. The molecule has 8 nitrogen and oxygen atoms in total. The Hall–Kier alpha value is -2.58. The van der Waals surface area contributed by atoms with E-state index in [9.17, 15) is 9.90 Å². The molecule has 1 fully saturated rings. The molecule has 5 N–H and O–H groups in total. The molecule has 0 aliphatic carbocycles. The summed E-state index contributed by atoms with van der Waals surface area (Å²) in [4.78, 5) is 20.2. The number of allylic oxidation sites excluding steroid dienone is 1. The van der Waals surface area contributed by atoms with Gasteiger partial charge in [0.15, 0.2) is 0 Å². The molecule has 34 heavy (non-hydrogen) atoms. The number of hydrogen-bond acceptors (Lipinski definition) is 6. The lowest BCUT2D eigenvalue weighted by atomic mass is 9.79. The number of nitrogens with one attached hydrogen (secondary N) is 2. The number of benzene rings is 1. The van der Waals surface area contributed by atoms with Gasteiger partial charge in [-0.2, -0.15) is 0 Å². The molecule has 2 heterocycles. The number of aliphatic hydroxyl groups excluding tert-OH is 1. The van der Waals surface area contributed by atoms with Crippen LogP contribution in [0.15, 0.2) is 35.5 Å². The van der Waals surface area contributed by atoms with Gasteiger partial charge in [0.25, 0.3) is 5.91 Å². The number of nitrogens with two attached hydrogens (primary N) is 1. The van der Waals surface area contributed by atoms with E-state index >= 15 is 0 Å². The van der Waals surface area contributed by atoms with Gasteiger partial charge in [0.05, 0.1) is 41.7 Å². The monoisotopic (exact) mass is 471 g/mol. The van der Waals surface area contributed by atoms with Crippen molar-refractivity contribution < 1.29 is 14.6 Å². The third-order valence-electron chi connectivity index (χ3n) is 7.51. The van der Waals surface area contributed by atoms with Crippen molar-refractivity contribution in [2.45, 2.75) is 76.6 Å². The van der Waals surface area contributed by atoms with Gasteiger partial charge in [-0.25, -0.2) is 0 Å². The zero-order valence-electron chi connectivity index (χ0n) is 21.4. The molecule has 4 unspecified atom stereocenters. The van der Waals surface area contributed by atoms with Crippen molar-refractivity contribution in [1.29, 1.82) is 0 Å². The van der Waals surface area contributed by atoms with Crippen LogP contribution < -0.4 is 21.1 Å². The zero-order chi connectivity index (χ0) is 25.1. The van der Waals surface area contributed by atoms with Crippen LogP contribution >= 0.6 is 0 Å². The molecule has 1 saturated heterocycles. The molecule has 8 heteroatoms. The Morgan fingerprint density at radius 3 is 2.82 bits per heavy atom. The summed E-state index contributed by atoms with van der Waals surface area (Å²) in [6.45, 7) is 11.8. The second-order valence-electron chi connectivity index (χ2n) is 10.2. The van der Waals surface area contributed by atoms with Crippen LogP contribution in [0.25, 0.3) is 0 Å². The van der Waals surface area contributed by atoms with Crippen LogP contribution in [0.3, 0.4) is 0 Å². The van der Waals surface area contributed by atoms with Gasteiger partial charge < -0.3 is 26.2 Å². The Morgan fingerprint density at radius 2 is 2.15 bits per heavy atom. The minimum Gasteiger partial charge on any atom is -0.492 e. The van der Waals surface area contributed by atoms with Crippen LogP contribution in [-0.2, 0) is 5.41 Å². The Labute approximate surface area is 203 Å². The summed E-state index contributed by atoms with van der Waals surface area (Å²) in [7, 11) is 1.95. The minimum absolute atomic E-state index is 0.0556. The SMILES string of the molecule is C/C=C/NCC(N=C(N)CC)C1(C)C(O)C(NC(=O)c2cccc3c2OCCC3(C)C)CN1C. The number of ether oxygens (including phenoxy) is 1. The van der Waals surface area contributed by atoms with Gasteiger partial charge in [-0.1, -0.05) is 39.0 Å². The van der Waals surface area contributed by atoms with Crippen molar-refractivity contribution in [3.05, 3.63) is 41.6 Å². The molecule has 2 aliphatic heterocycles. The summed E-state index contributed by atoms with van der Waals surface area (Å²) in [5.41, 5.74) is 6.87. The average molecular weight is 472 g/mol. The third-order valence-corrected chi connectivity index (χ3v) is 7.51. The van der Waals surface area contributed by atoms with Crippen molar-refractivity contribution >= 4 is 11.7 Å². The highest BCUT2D eigenvalue weighted by Crippen LogP contribution is 2.40. The smallest absolute Gasteiger partial charge is 0.255 e. The fraction of sp³-hybridized carbons (Fsp3) is 0.615. The Kier molecular flexibility index (Phi) is 7.93. The van der Waals surface area contributed by atoms with Crippen LogP contribution in [0.4, 0.5) is 0 Å². The number of likely N-dealkylation sites (N-methyl/N-ethyl adjacent to an activating group) is 1. The van der Waals surface area contributed by atoms with E-state index in [0.717, 1.165) is 12.0 Å². The number of amidine groups is 1. The normalized spacial score (nSPS) is 27.8. The van der Waals surface area contributed by atoms with E-state index in [0.29, 0.717) is 43.3 Å². The van der Waals surface area contributed by atoms with E-state index in [1.165, 1.54) is 0 Å². The molecule has 188 valence electrons. The number of carbonyl (C=O) groups excluding carboxylic acids is 1. The van der Waals surface area contributed by atoms with Gasteiger partial charge in [-0.05, 0) is 45.0 Å². The summed E-state index contributed by atoms with van der Waals surface area (Å²) >= 11 is 0. The highest BCUT2D eigenvalue weighted by Gasteiger charge is 2.53. The predicted octanol–water partition coefficient (Wildman–Crippen LogP) is 2.17. The predicted molar refractivity (Wildman–Crippen MR) is 136 cm³/mol. The topological polar surface area (TPSA) is 112 Å². The van der Waals surface area contributed by atoms with Crippen LogP contribution in [0, 0.1) is 0 Å². The lowest BCUT2D eigenvalue weighted by Crippen LogP contribution is -2.59. The number of likely N-dealkylation sites (tertiary alicyclic amines) is 1. The Balaban J connectivity index is 1.84. The quantitative estimate of drug-likeness (QED) is 0.342. The Bertz CT molecular complexity index is 944. The molecule has 0 radical (unpaired) electrons. The number of fused-ring (bicyclic) bond motifs is 1. The molecule has 1 amide bonds. The zero-order valence-corrected chi connectivity index (χ0v) is 21.4. The van der Waals surface area contributed by atoms with Crippen molar-refractivity contribution in [1.82, 2.24) is 15.5 Å². The molecular formula is C26H41N5O3. The standard InChI is InChI=1S/C26H41N5O3/c1-7-13-28-15-20(30-21(27)8-2)26(5)23(32)19(16-31(26)6)29-24(33)17-10-9-11-18-22(17)34-14-12-25(18,3)4/h7,9-11,13,19-20,23,28,32H,8,12,14-16H2,1-6H3,(H2,27,30)(H,29,33)/b13-7+. The number of para-hydroxylation sites is 1. The van der Waals surface area contributed by atoms with Gasteiger partial charge in [-0.3, -0.25) is 14.7 Å².